The number of hydrogen-bond donors (Lipinski definition) is 2. The van der Waals surface area contributed by atoms with Crippen LogP contribution in [0.25, 0.3) is 0 Å². The number of Topliss-reactive ketones (excluding diaryl/α,β-unsaturated/α-hetero) is 1. The normalized spacial score (nSPS) is 17.2. The molecule has 0 radical (unpaired) electrons. The number of allylic oxidation sites excluding steroid dienone is 3. The number of rotatable bonds is 6. The Morgan fingerprint density at radius 2 is 2.03 bits per heavy atom. The predicted octanol–water partition coefficient (Wildman–Crippen LogP) is 5.95. The number of halogens is 1. The Balaban J connectivity index is 1.42. The first-order valence-corrected chi connectivity index (χ1v) is 14.9. The van der Waals surface area contributed by atoms with Crippen molar-refractivity contribution in [3.05, 3.63) is 86.3 Å². The first-order chi connectivity index (χ1) is 18.8. The second-order valence-corrected chi connectivity index (χ2v) is 12.3. The summed E-state index contributed by atoms with van der Waals surface area (Å²) in [6.07, 6.45) is 1.73. The highest BCUT2D eigenvalue weighted by Gasteiger charge is 2.41. The van der Waals surface area contributed by atoms with E-state index in [1.165, 1.54) is 23.1 Å². The molecule has 198 valence electrons. The van der Waals surface area contributed by atoms with Crippen LogP contribution in [0.2, 0.25) is 0 Å². The van der Waals surface area contributed by atoms with Gasteiger partial charge in [-0.1, -0.05) is 69.4 Å². The zero-order valence-corrected chi connectivity index (χ0v) is 24.5. The third kappa shape index (κ3) is 5.24. The molecule has 2 aromatic carbocycles. The van der Waals surface area contributed by atoms with Gasteiger partial charge in [-0.15, -0.1) is 10.2 Å². The van der Waals surface area contributed by atoms with Crippen LogP contribution in [-0.4, -0.2) is 27.6 Å². The highest BCUT2D eigenvalue weighted by Crippen LogP contribution is 2.48. The molecule has 3 N–H and O–H groups in total. The lowest BCUT2D eigenvalue weighted by molar-refractivity contribution is -0.116. The molecule has 5 rings (SSSR count). The van der Waals surface area contributed by atoms with Crippen LogP contribution in [0.3, 0.4) is 0 Å². The molecule has 8 nitrogen and oxygen atoms in total. The van der Waals surface area contributed by atoms with Gasteiger partial charge >= 0.3 is 0 Å². The molecule has 1 aliphatic carbocycles. The first-order valence-electron chi connectivity index (χ1n) is 12.3. The molecule has 2 heterocycles. The minimum absolute atomic E-state index is 0.00415. The third-order valence-electron chi connectivity index (χ3n) is 6.92. The van der Waals surface area contributed by atoms with E-state index in [0.717, 1.165) is 32.5 Å². The van der Waals surface area contributed by atoms with Crippen LogP contribution in [0.15, 0.2) is 73.9 Å². The van der Waals surface area contributed by atoms with Crippen molar-refractivity contribution in [2.45, 2.75) is 43.4 Å². The number of benzene rings is 2. The summed E-state index contributed by atoms with van der Waals surface area (Å²) in [5.74, 6) is -0.293. The third-order valence-corrected chi connectivity index (χ3v) is 9.69. The number of carbonyl (C=O) groups excluding carboxylic acids is 2. The van der Waals surface area contributed by atoms with Crippen molar-refractivity contribution in [2.75, 3.05) is 16.0 Å². The van der Waals surface area contributed by atoms with Gasteiger partial charge in [-0.3, -0.25) is 14.5 Å². The largest absolute Gasteiger partial charge is 0.384 e. The number of aromatic nitrogens is 2. The maximum atomic E-state index is 13.3. The Bertz CT molecular complexity index is 1590. The van der Waals surface area contributed by atoms with E-state index < -0.39 is 5.92 Å². The molecular weight excluding hydrogens is 596 g/mol. The van der Waals surface area contributed by atoms with Gasteiger partial charge in [-0.25, -0.2) is 0 Å². The van der Waals surface area contributed by atoms with Crippen molar-refractivity contribution in [2.24, 2.45) is 5.73 Å². The SMILES string of the molecule is Cc1cccc(NC(=O)CSc2nnc(N3C(N)=C(C#N)C(c4ccccc4Br)C4=C3CCCC4=O)s2)c1C. The molecule has 39 heavy (non-hydrogen) atoms. The van der Waals surface area contributed by atoms with Crippen LogP contribution in [0.4, 0.5) is 10.8 Å². The quantitative estimate of drug-likeness (QED) is 0.324. The van der Waals surface area contributed by atoms with E-state index in [4.69, 9.17) is 5.73 Å². The zero-order valence-electron chi connectivity index (χ0n) is 21.3. The summed E-state index contributed by atoms with van der Waals surface area (Å²) in [7, 11) is 0. The first kappa shape index (κ1) is 27.1. The Morgan fingerprint density at radius 1 is 1.23 bits per heavy atom. The van der Waals surface area contributed by atoms with Gasteiger partial charge in [0, 0.05) is 27.9 Å². The lowest BCUT2D eigenvalue weighted by atomic mass is 9.76. The highest BCUT2D eigenvalue weighted by molar-refractivity contribution is 9.10. The fraction of sp³-hybridized carbons (Fsp3) is 0.250. The van der Waals surface area contributed by atoms with Crippen molar-refractivity contribution in [1.82, 2.24) is 10.2 Å². The summed E-state index contributed by atoms with van der Waals surface area (Å²) < 4.78 is 1.40. The molecule has 0 spiro atoms. The molecule has 0 fully saturated rings. The summed E-state index contributed by atoms with van der Waals surface area (Å²) in [4.78, 5) is 27.6. The second-order valence-electron chi connectivity index (χ2n) is 9.27. The predicted molar refractivity (Wildman–Crippen MR) is 157 cm³/mol. The molecule has 0 saturated carbocycles. The fourth-order valence-corrected chi connectivity index (χ4v) is 7.07. The van der Waals surface area contributed by atoms with Crippen LogP contribution in [0.1, 0.15) is 41.9 Å². The van der Waals surface area contributed by atoms with Crippen LogP contribution < -0.4 is 16.0 Å². The number of ketones is 1. The van der Waals surface area contributed by atoms with Gasteiger partial charge < -0.3 is 11.1 Å². The molecule has 1 atom stereocenters. The smallest absolute Gasteiger partial charge is 0.234 e. The number of amides is 1. The maximum Gasteiger partial charge on any atom is 0.234 e. The monoisotopic (exact) mass is 620 g/mol. The van der Waals surface area contributed by atoms with E-state index in [1.807, 2.05) is 56.3 Å². The number of thioether (sulfide) groups is 1. The standard InChI is InChI=1S/C28H25BrN6O2S2/c1-15-7-5-10-20(16(15)2)32-23(37)14-38-28-34-33-27(39-28)35-21-11-6-12-22(36)25(21)24(18(13-30)26(35)31)17-8-3-4-9-19(17)29/h3-5,7-10,24H,6,11-12,14,31H2,1-2H3,(H,32,37). The Hall–Kier alpha value is -3.46. The van der Waals surface area contributed by atoms with Crippen LogP contribution >= 0.6 is 39.0 Å². The number of anilines is 2. The molecule has 0 saturated heterocycles. The van der Waals surface area contributed by atoms with Crippen LogP contribution in [-0.2, 0) is 9.59 Å². The van der Waals surface area contributed by atoms with Gasteiger partial charge in [0.05, 0.1) is 23.3 Å². The average Bonchev–Trinajstić information content (AvgIpc) is 3.38. The maximum absolute atomic E-state index is 13.3. The molecule has 1 aliphatic heterocycles. The molecule has 2 aliphatic rings. The summed E-state index contributed by atoms with van der Waals surface area (Å²) in [5, 5.41) is 22.2. The molecule has 11 heteroatoms. The number of nitriles is 1. The lowest BCUT2D eigenvalue weighted by Crippen LogP contribution is -2.38. The summed E-state index contributed by atoms with van der Waals surface area (Å²) in [5.41, 5.74) is 12.0. The van der Waals surface area contributed by atoms with E-state index in [-0.39, 0.29) is 23.3 Å². The van der Waals surface area contributed by atoms with Gasteiger partial charge in [-0.05, 0) is 55.5 Å². The molecule has 1 aromatic heterocycles. The topological polar surface area (TPSA) is 125 Å². The lowest BCUT2D eigenvalue weighted by Gasteiger charge is -2.38. The van der Waals surface area contributed by atoms with Crippen molar-refractivity contribution >= 4 is 61.5 Å². The van der Waals surface area contributed by atoms with Gasteiger partial charge in [0.15, 0.2) is 10.1 Å². The Morgan fingerprint density at radius 3 is 2.79 bits per heavy atom. The van der Waals surface area contributed by atoms with Gasteiger partial charge in [-0.2, -0.15) is 5.26 Å². The number of nitrogens with zero attached hydrogens (tertiary/aromatic N) is 4. The van der Waals surface area contributed by atoms with Crippen LogP contribution in [0.5, 0.6) is 0 Å². The second kappa shape index (κ2) is 11.3. The molecule has 3 aromatic rings. The minimum Gasteiger partial charge on any atom is -0.384 e. The van der Waals surface area contributed by atoms with E-state index >= 15 is 0 Å². The highest BCUT2D eigenvalue weighted by atomic mass is 79.9. The Labute approximate surface area is 243 Å². The number of carbonyl (C=O) groups is 2. The number of nitrogens with one attached hydrogen (secondary N) is 1. The summed E-state index contributed by atoms with van der Waals surface area (Å²) in [6, 6.07) is 15.6. The zero-order chi connectivity index (χ0) is 27.7. The molecular formula is C28H25BrN6O2S2. The fourth-order valence-electron chi connectivity index (χ4n) is 4.88. The van der Waals surface area contributed by atoms with Crippen molar-refractivity contribution < 1.29 is 9.59 Å². The van der Waals surface area contributed by atoms with Gasteiger partial charge in [0.2, 0.25) is 11.0 Å². The Kier molecular flexibility index (Phi) is 7.88. The van der Waals surface area contributed by atoms with E-state index in [0.29, 0.717) is 39.9 Å². The van der Waals surface area contributed by atoms with E-state index in [1.54, 1.807) is 4.90 Å². The van der Waals surface area contributed by atoms with E-state index in [2.05, 4.69) is 37.5 Å². The van der Waals surface area contributed by atoms with E-state index in [9.17, 15) is 14.9 Å². The van der Waals surface area contributed by atoms with Gasteiger partial charge in [0.25, 0.3) is 0 Å². The molecule has 0 bridgehead atoms. The summed E-state index contributed by atoms with van der Waals surface area (Å²) >= 11 is 6.14. The average molecular weight is 622 g/mol. The van der Waals surface area contributed by atoms with Gasteiger partial charge in [0.1, 0.15) is 5.82 Å². The minimum atomic E-state index is -0.555. The number of aryl methyl sites for hydroxylation is 1. The molecule has 1 amide bonds. The number of nitrogens with two attached hydrogens (primary N) is 1. The molecule has 1 unspecified atom stereocenters. The summed E-state index contributed by atoms with van der Waals surface area (Å²) in [6.45, 7) is 3.98. The number of hydrogen-bond acceptors (Lipinski definition) is 9. The van der Waals surface area contributed by atoms with Crippen molar-refractivity contribution in [1.29, 1.82) is 5.26 Å². The van der Waals surface area contributed by atoms with Crippen molar-refractivity contribution in [3.63, 3.8) is 0 Å². The van der Waals surface area contributed by atoms with Crippen LogP contribution in [0, 0.1) is 25.2 Å². The van der Waals surface area contributed by atoms with Crippen molar-refractivity contribution in [3.8, 4) is 6.07 Å².